The van der Waals surface area contributed by atoms with Crippen LogP contribution in [0.15, 0.2) is 72.8 Å². The highest BCUT2D eigenvalue weighted by atomic mass is 16.5. The average molecular weight is 368 g/mol. The Balaban J connectivity index is 1.92. The quantitative estimate of drug-likeness (QED) is 0.439. The Bertz CT molecular complexity index is 1100. The van der Waals surface area contributed by atoms with Crippen molar-refractivity contribution in [1.82, 2.24) is 0 Å². The Labute approximate surface area is 165 Å². The van der Waals surface area contributed by atoms with Crippen LogP contribution in [0.2, 0.25) is 0 Å². The summed E-state index contributed by atoms with van der Waals surface area (Å²) in [6.45, 7) is 4.49. The van der Waals surface area contributed by atoms with E-state index in [-0.39, 0.29) is 17.9 Å². The summed E-state index contributed by atoms with van der Waals surface area (Å²) in [7, 11) is 0. The van der Waals surface area contributed by atoms with Crippen molar-refractivity contribution < 1.29 is 9.84 Å². The second-order valence-electron chi connectivity index (χ2n) is 8.10. The molecule has 2 nitrogen and oxygen atoms in total. The van der Waals surface area contributed by atoms with Crippen molar-refractivity contribution in [2.24, 2.45) is 5.41 Å². The third-order valence-electron chi connectivity index (χ3n) is 6.52. The average Bonchev–Trinajstić information content (AvgIpc) is 2.76. The van der Waals surface area contributed by atoms with Crippen LogP contribution in [0.4, 0.5) is 0 Å². The minimum Gasteiger partial charge on any atom is -0.457 e. The van der Waals surface area contributed by atoms with Crippen molar-refractivity contribution in [3.63, 3.8) is 0 Å². The van der Waals surface area contributed by atoms with Gasteiger partial charge >= 0.3 is 0 Å². The summed E-state index contributed by atoms with van der Waals surface area (Å²) in [5, 5.41) is 15.3. The number of hydrogen-bond acceptors (Lipinski definition) is 2. The van der Waals surface area contributed by atoms with Gasteiger partial charge in [-0.25, -0.2) is 0 Å². The molecule has 0 radical (unpaired) electrons. The zero-order chi connectivity index (χ0) is 19.3. The fraction of sp³-hybridized carbons (Fsp3) is 0.231. The van der Waals surface area contributed by atoms with E-state index in [0.29, 0.717) is 0 Å². The number of benzene rings is 4. The van der Waals surface area contributed by atoms with E-state index in [1.165, 1.54) is 32.7 Å². The van der Waals surface area contributed by atoms with Gasteiger partial charge in [0.15, 0.2) is 0 Å². The normalized spacial score (nSPS) is 15.7. The van der Waals surface area contributed by atoms with Crippen LogP contribution in [0.1, 0.15) is 37.3 Å². The van der Waals surface area contributed by atoms with Gasteiger partial charge in [0.1, 0.15) is 11.5 Å². The maximum absolute atomic E-state index is 10.5. The van der Waals surface area contributed by atoms with Crippen LogP contribution >= 0.6 is 0 Å². The second kappa shape index (κ2) is 6.35. The third kappa shape index (κ3) is 2.38. The summed E-state index contributed by atoms with van der Waals surface area (Å²) < 4.78 is 6.43. The Hall–Kier alpha value is -2.84. The van der Waals surface area contributed by atoms with Crippen LogP contribution in [0.5, 0.6) is 11.5 Å². The predicted octanol–water partition coefficient (Wildman–Crippen LogP) is 6.64. The Morgan fingerprint density at radius 3 is 1.75 bits per heavy atom. The van der Waals surface area contributed by atoms with Crippen molar-refractivity contribution >= 4 is 21.5 Å². The fourth-order valence-corrected chi connectivity index (χ4v) is 4.69. The van der Waals surface area contributed by atoms with Crippen molar-refractivity contribution in [2.45, 2.75) is 26.2 Å². The minimum absolute atomic E-state index is 0.0541. The smallest absolute Gasteiger partial charge is 0.131 e. The molecule has 5 rings (SSSR count). The molecule has 0 fully saturated rings. The molecule has 2 heteroatoms. The predicted molar refractivity (Wildman–Crippen MR) is 115 cm³/mol. The molecule has 28 heavy (non-hydrogen) atoms. The molecule has 1 heterocycles. The Morgan fingerprint density at radius 1 is 0.786 bits per heavy atom. The van der Waals surface area contributed by atoms with Gasteiger partial charge in [-0.1, -0.05) is 74.5 Å². The first-order chi connectivity index (χ1) is 13.7. The maximum atomic E-state index is 10.5. The van der Waals surface area contributed by atoms with Crippen LogP contribution in [-0.4, -0.2) is 11.7 Å². The summed E-state index contributed by atoms with van der Waals surface area (Å²) in [4.78, 5) is 0. The van der Waals surface area contributed by atoms with E-state index in [1.54, 1.807) is 0 Å². The molecule has 1 aliphatic rings. The monoisotopic (exact) mass is 368 g/mol. The molecule has 4 aromatic rings. The van der Waals surface area contributed by atoms with Gasteiger partial charge < -0.3 is 9.84 Å². The molecule has 0 saturated carbocycles. The summed E-state index contributed by atoms with van der Waals surface area (Å²) in [5.41, 5.74) is 2.10. The number of aliphatic hydroxyl groups excluding tert-OH is 1. The zero-order valence-electron chi connectivity index (χ0n) is 16.3. The molecule has 4 aromatic carbocycles. The molecule has 1 atom stereocenters. The highest BCUT2D eigenvalue weighted by Crippen LogP contribution is 2.56. The van der Waals surface area contributed by atoms with Gasteiger partial charge in [-0.05, 0) is 40.1 Å². The van der Waals surface area contributed by atoms with E-state index in [4.69, 9.17) is 4.74 Å². The highest BCUT2D eigenvalue weighted by Gasteiger charge is 2.42. The van der Waals surface area contributed by atoms with Crippen molar-refractivity contribution in [3.05, 3.63) is 83.9 Å². The van der Waals surface area contributed by atoms with Crippen LogP contribution in [-0.2, 0) is 0 Å². The van der Waals surface area contributed by atoms with Gasteiger partial charge in [-0.15, -0.1) is 0 Å². The Morgan fingerprint density at radius 2 is 1.29 bits per heavy atom. The largest absolute Gasteiger partial charge is 0.457 e. The number of ether oxygens (including phenoxy) is 1. The van der Waals surface area contributed by atoms with Crippen molar-refractivity contribution in [2.75, 3.05) is 6.61 Å². The number of rotatable bonds is 3. The van der Waals surface area contributed by atoms with E-state index < -0.39 is 0 Å². The summed E-state index contributed by atoms with van der Waals surface area (Å²) in [5.74, 6) is 1.86. The van der Waals surface area contributed by atoms with Gasteiger partial charge in [0.2, 0.25) is 0 Å². The van der Waals surface area contributed by atoms with Gasteiger partial charge in [0.05, 0.1) is 0 Å². The van der Waals surface area contributed by atoms with E-state index >= 15 is 0 Å². The molecule has 0 bridgehead atoms. The van der Waals surface area contributed by atoms with Crippen LogP contribution in [0.3, 0.4) is 0 Å². The van der Waals surface area contributed by atoms with Gasteiger partial charge in [0, 0.05) is 29.1 Å². The van der Waals surface area contributed by atoms with Crippen molar-refractivity contribution in [1.29, 1.82) is 0 Å². The Kier molecular flexibility index (Phi) is 3.92. The van der Waals surface area contributed by atoms with Crippen LogP contribution in [0.25, 0.3) is 21.5 Å². The molecular weight excluding hydrogens is 344 g/mol. The third-order valence-corrected chi connectivity index (χ3v) is 6.52. The zero-order valence-corrected chi connectivity index (χ0v) is 16.3. The summed E-state index contributed by atoms with van der Waals surface area (Å²) in [6.07, 6.45) is 0.874. The fourth-order valence-electron chi connectivity index (χ4n) is 4.69. The van der Waals surface area contributed by atoms with Gasteiger partial charge in [0.25, 0.3) is 0 Å². The standard InChI is InChI=1S/C26H24O2/c1-3-26(2,16-27)25-23-19-10-6-4-8-17(19)12-14-21(23)28-22-15-13-18-9-5-7-11-20(18)24(22)25/h4-15,25,27H,3,16H2,1-2H3. The van der Waals surface area contributed by atoms with E-state index in [2.05, 4.69) is 86.6 Å². The van der Waals surface area contributed by atoms with Gasteiger partial charge in [-0.2, -0.15) is 0 Å². The lowest BCUT2D eigenvalue weighted by Gasteiger charge is -2.41. The molecular formula is C26H24O2. The number of fused-ring (bicyclic) bond motifs is 6. The number of aliphatic hydroxyl groups is 1. The summed E-state index contributed by atoms with van der Waals surface area (Å²) >= 11 is 0. The lowest BCUT2D eigenvalue weighted by atomic mass is 9.66. The molecule has 0 aromatic heterocycles. The molecule has 0 saturated heterocycles. The first-order valence-electron chi connectivity index (χ1n) is 9.98. The molecule has 0 aliphatic carbocycles. The molecule has 0 amide bonds. The maximum Gasteiger partial charge on any atom is 0.131 e. The number of hydrogen-bond donors (Lipinski definition) is 1. The molecule has 1 unspecified atom stereocenters. The SMILES string of the molecule is CCC(C)(CO)C1c2c(ccc3ccccc23)Oc2ccc3ccccc3c21. The molecule has 0 spiro atoms. The first kappa shape index (κ1) is 17.3. The minimum atomic E-state index is -0.290. The van der Waals surface area contributed by atoms with E-state index in [9.17, 15) is 5.11 Å². The van der Waals surface area contributed by atoms with Crippen molar-refractivity contribution in [3.8, 4) is 11.5 Å². The van der Waals surface area contributed by atoms with E-state index in [1.807, 2.05) is 0 Å². The summed E-state index contributed by atoms with van der Waals surface area (Å²) in [6, 6.07) is 25.4. The van der Waals surface area contributed by atoms with Crippen LogP contribution in [0, 0.1) is 5.41 Å². The topological polar surface area (TPSA) is 29.5 Å². The van der Waals surface area contributed by atoms with E-state index in [0.717, 1.165) is 17.9 Å². The van der Waals surface area contributed by atoms with Crippen LogP contribution < -0.4 is 4.74 Å². The first-order valence-corrected chi connectivity index (χ1v) is 9.98. The highest BCUT2D eigenvalue weighted by molar-refractivity contribution is 5.94. The lowest BCUT2D eigenvalue weighted by molar-refractivity contribution is 0.118. The second-order valence-corrected chi connectivity index (χ2v) is 8.10. The molecule has 1 aliphatic heterocycles. The van der Waals surface area contributed by atoms with Gasteiger partial charge in [-0.3, -0.25) is 0 Å². The lowest BCUT2D eigenvalue weighted by Crippen LogP contribution is -2.32. The molecule has 140 valence electrons. The molecule has 1 N–H and O–H groups in total.